The molecule has 10 heavy (non-hydrogen) atoms. The van der Waals surface area contributed by atoms with Crippen LogP contribution in [0.3, 0.4) is 0 Å². The largest absolute Gasteiger partial charge is 0.699 e. The van der Waals surface area contributed by atoms with Crippen LogP contribution in [-0.2, 0) is 0 Å². The maximum absolute atomic E-state index is 7.20. The molecule has 0 aliphatic heterocycles. The van der Waals surface area contributed by atoms with E-state index in [4.69, 9.17) is 5.73 Å². The predicted molar refractivity (Wildman–Crippen MR) is 42.9 cm³/mol. The maximum Gasteiger partial charge on any atom is 0.0192 e. The molecule has 0 saturated carbocycles. The standard InChI is InChI=1S/C7H7BrN.Ac/c1-5-2-3-6(9)4-7(5)8;/h2-4,9H,1H3;/q-1;. The summed E-state index contributed by atoms with van der Waals surface area (Å²) in [5.41, 5.74) is 8.92. The van der Waals surface area contributed by atoms with E-state index in [9.17, 15) is 0 Å². The second-order valence-corrected chi connectivity index (χ2v) is 2.82. The van der Waals surface area contributed by atoms with E-state index in [1.165, 1.54) is 5.56 Å². The Morgan fingerprint density at radius 3 is 2.40 bits per heavy atom. The second kappa shape index (κ2) is 4.75. The minimum atomic E-state index is 0. The summed E-state index contributed by atoms with van der Waals surface area (Å²) in [7, 11) is 0. The SMILES string of the molecule is Cc1ccc([NH-])cc1Br.[Ac]. The van der Waals surface area contributed by atoms with Gasteiger partial charge in [-0.2, -0.15) is 0 Å². The molecule has 0 atom stereocenters. The monoisotopic (exact) mass is 411 g/mol. The summed E-state index contributed by atoms with van der Waals surface area (Å²) < 4.78 is 1.01. The maximum atomic E-state index is 7.20. The number of benzene rings is 1. The molecular formula is C7H7AcBrN-. The number of hydrogen-bond acceptors (Lipinski definition) is 0. The average molecular weight is 412 g/mol. The van der Waals surface area contributed by atoms with E-state index >= 15 is 0 Å². The molecule has 1 nitrogen and oxygen atoms in total. The van der Waals surface area contributed by atoms with Crippen molar-refractivity contribution in [1.82, 2.24) is 0 Å². The molecule has 1 aromatic rings. The van der Waals surface area contributed by atoms with Gasteiger partial charge >= 0.3 is 0 Å². The van der Waals surface area contributed by atoms with Gasteiger partial charge in [-0.1, -0.05) is 34.1 Å². The van der Waals surface area contributed by atoms with Crippen LogP contribution in [0.15, 0.2) is 22.7 Å². The molecule has 0 aliphatic rings. The van der Waals surface area contributed by atoms with E-state index < -0.39 is 0 Å². The molecule has 0 saturated heterocycles. The zero-order valence-corrected chi connectivity index (χ0v) is 12.0. The minimum absolute atomic E-state index is 0. The van der Waals surface area contributed by atoms with Crippen molar-refractivity contribution >= 4 is 21.6 Å². The number of hydrogen-bond donors (Lipinski definition) is 0. The first-order valence-electron chi connectivity index (χ1n) is 2.68. The molecule has 0 aliphatic carbocycles. The van der Waals surface area contributed by atoms with Crippen molar-refractivity contribution in [2.24, 2.45) is 0 Å². The van der Waals surface area contributed by atoms with Gasteiger partial charge in [-0.3, -0.25) is 0 Å². The Hall–Kier alpha value is 0.942. The number of halogens is 1. The molecule has 1 radical (unpaired) electrons. The zero-order valence-electron chi connectivity index (χ0n) is 5.69. The molecule has 0 unspecified atom stereocenters. The molecule has 1 rings (SSSR count). The summed E-state index contributed by atoms with van der Waals surface area (Å²) in [4.78, 5) is 0. The fraction of sp³-hybridized carbons (Fsp3) is 0.143. The van der Waals surface area contributed by atoms with E-state index in [1.54, 1.807) is 12.1 Å². The molecule has 0 spiro atoms. The van der Waals surface area contributed by atoms with E-state index in [0.29, 0.717) is 5.69 Å². The first kappa shape index (κ1) is 10.9. The number of aryl methyl sites for hydroxylation is 1. The topological polar surface area (TPSA) is 23.8 Å². The van der Waals surface area contributed by atoms with Gasteiger partial charge in [0.05, 0.1) is 0 Å². The Kier molecular flexibility index (Phi) is 5.19. The van der Waals surface area contributed by atoms with Crippen molar-refractivity contribution in [3.63, 3.8) is 0 Å². The third-order valence-corrected chi connectivity index (χ3v) is 2.03. The van der Waals surface area contributed by atoms with Crippen LogP contribution < -0.4 is 0 Å². The van der Waals surface area contributed by atoms with Crippen molar-refractivity contribution in [1.29, 1.82) is 0 Å². The van der Waals surface area contributed by atoms with Gasteiger partial charge < -0.3 is 5.73 Å². The Labute approximate surface area is 105 Å². The third kappa shape index (κ3) is 2.90. The van der Waals surface area contributed by atoms with Gasteiger partial charge in [0.25, 0.3) is 0 Å². The average Bonchev–Trinajstić information content (AvgIpc) is 1.80. The fourth-order valence-electron chi connectivity index (χ4n) is 0.593. The van der Waals surface area contributed by atoms with E-state index in [1.807, 2.05) is 13.0 Å². The summed E-state index contributed by atoms with van der Waals surface area (Å²) in [6.45, 7) is 2.00. The molecule has 51 valence electrons. The number of rotatable bonds is 0. The molecule has 0 bridgehead atoms. The first-order chi connectivity index (χ1) is 4.20. The van der Waals surface area contributed by atoms with Crippen LogP contribution in [0.5, 0.6) is 0 Å². The smallest absolute Gasteiger partial charge is 0.0192 e. The molecule has 0 heterocycles. The van der Waals surface area contributed by atoms with E-state index in [0.717, 1.165) is 4.47 Å². The molecule has 0 aromatic heterocycles. The Bertz CT molecular complexity index is 225. The first-order valence-corrected chi connectivity index (χ1v) is 3.47. The second-order valence-electron chi connectivity index (χ2n) is 1.96. The van der Waals surface area contributed by atoms with Crippen molar-refractivity contribution in [3.05, 3.63) is 34.0 Å². The van der Waals surface area contributed by atoms with Gasteiger partial charge in [-0.25, -0.2) is 0 Å². The normalized spacial score (nSPS) is 8.60. The van der Waals surface area contributed by atoms with Gasteiger partial charge in [0, 0.05) is 48.5 Å². The van der Waals surface area contributed by atoms with Crippen LogP contribution in [0, 0.1) is 51.0 Å². The summed E-state index contributed by atoms with van der Waals surface area (Å²) in [6.07, 6.45) is 0. The quantitative estimate of drug-likeness (QED) is 0.624. The third-order valence-electron chi connectivity index (χ3n) is 1.17. The van der Waals surface area contributed by atoms with Crippen LogP contribution >= 0.6 is 15.9 Å². The minimum Gasteiger partial charge on any atom is -0.699 e. The predicted octanol–water partition coefficient (Wildman–Crippen LogP) is 3.44. The van der Waals surface area contributed by atoms with Crippen LogP contribution in [-0.4, -0.2) is 0 Å². The van der Waals surface area contributed by atoms with Crippen molar-refractivity contribution in [2.75, 3.05) is 0 Å². The zero-order chi connectivity index (χ0) is 6.85. The van der Waals surface area contributed by atoms with Crippen molar-refractivity contribution in [2.45, 2.75) is 6.92 Å². The Morgan fingerprint density at radius 1 is 1.40 bits per heavy atom. The van der Waals surface area contributed by atoms with Crippen LogP contribution in [0.2, 0.25) is 0 Å². The number of nitrogens with one attached hydrogen (secondary N) is 1. The Balaban J connectivity index is 0.000000810. The summed E-state index contributed by atoms with van der Waals surface area (Å²) >= 11 is 3.33. The molecule has 0 fully saturated rings. The van der Waals surface area contributed by atoms with Gasteiger partial charge in [0.1, 0.15) is 0 Å². The van der Waals surface area contributed by atoms with Gasteiger partial charge in [-0.05, 0) is 12.5 Å². The van der Waals surface area contributed by atoms with Crippen LogP contribution in [0.4, 0.5) is 5.69 Å². The van der Waals surface area contributed by atoms with Gasteiger partial charge in [0.2, 0.25) is 0 Å². The molecule has 3 heteroatoms. The Morgan fingerprint density at radius 2 is 2.00 bits per heavy atom. The summed E-state index contributed by atoms with van der Waals surface area (Å²) in [5, 5.41) is 0. The van der Waals surface area contributed by atoms with E-state index in [2.05, 4.69) is 15.9 Å². The van der Waals surface area contributed by atoms with Crippen molar-refractivity contribution < 1.29 is 44.1 Å². The van der Waals surface area contributed by atoms with E-state index in [-0.39, 0.29) is 44.1 Å². The molecule has 1 N–H and O–H groups in total. The molecular weight excluding hydrogens is 405 g/mol. The molecule has 0 amide bonds. The van der Waals surface area contributed by atoms with Gasteiger partial charge in [-0.15, -0.1) is 5.69 Å². The van der Waals surface area contributed by atoms with Crippen LogP contribution in [0.1, 0.15) is 5.56 Å². The fourth-order valence-corrected chi connectivity index (χ4v) is 0.972. The molecule has 1 aromatic carbocycles. The summed E-state index contributed by atoms with van der Waals surface area (Å²) in [6, 6.07) is 5.49. The van der Waals surface area contributed by atoms with Gasteiger partial charge in [0.15, 0.2) is 0 Å². The summed E-state index contributed by atoms with van der Waals surface area (Å²) in [5.74, 6) is 0. The van der Waals surface area contributed by atoms with Crippen LogP contribution in [0.25, 0.3) is 5.73 Å². The van der Waals surface area contributed by atoms with Crippen molar-refractivity contribution in [3.8, 4) is 0 Å².